The van der Waals surface area contributed by atoms with Crippen LogP contribution in [0.3, 0.4) is 0 Å². The number of hydrogen-bond donors (Lipinski definition) is 0. The molecule has 15 heavy (non-hydrogen) atoms. The monoisotopic (exact) mass is 206 g/mol. The third kappa shape index (κ3) is 0.869. The van der Waals surface area contributed by atoms with Crippen molar-refractivity contribution in [3.05, 3.63) is 12.2 Å². The summed E-state index contributed by atoms with van der Waals surface area (Å²) in [7, 11) is 0. The Bertz CT molecular complexity index is 337. The van der Waals surface area contributed by atoms with Gasteiger partial charge in [0.25, 0.3) is 0 Å². The summed E-state index contributed by atoms with van der Waals surface area (Å²) in [6, 6.07) is 0. The van der Waals surface area contributed by atoms with E-state index >= 15 is 0 Å². The molecule has 2 fully saturated rings. The van der Waals surface area contributed by atoms with Gasteiger partial charge in [0, 0.05) is 0 Å². The predicted octanol–water partition coefficient (Wildman–Crippen LogP) is 1.97. The summed E-state index contributed by atoms with van der Waals surface area (Å²) >= 11 is 0. The lowest BCUT2D eigenvalue weighted by atomic mass is 9.53. The fourth-order valence-electron chi connectivity index (χ4n) is 3.54. The molecular weight excluding hydrogens is 192 g/mol. The first-order valence-corrected chi connectivity index (χ1v) is 5.63. The molecule has 0 aromatic rings. The van der Waals surface area contributed by atoms with Crippen LogP contribution in [0.2, 0.25) is 0 Å². The summed E-state index contributed by atoms with van der Waals surface area (Å²) in [6.07, 6.45) is 9.17. The van der Waals surface area contributed by atoms with E-state index < -0.39 is 10.8 Å². The summed E-state index contributed by atoms with van der Waals surface area (Å²) in [4.78, 5) is 23.8. The molecule has 80 valence electrons. The molecule has 0 unspecified atom stereocenters. The molecule has 3 aliphatic rings. The van der Waals surface area contributed by atoms with Crippen LogP contribution < -0.4 is 0 Å². The van der Waals surface area contributed by atoms with Crippen molar-refractivity contribution in [2.75, 3.05) is 0 Å². The zero-order chi connectivity index (χ0) is 10.5. The highest BCUT2D eigenvalue weighted by Gasteiger charge is 2.68. The lowest BCUT2D eigenvalue weighted by Gasteiger charge is -2.44. The van der Waals surface area contributed by atoms with Gasteiger partial charge in [0.1, 0.15) is 0 Å². The van der Waals surface area contributed by atoms with E-state index in [4.69, 9.17) is 4.74 Å². The maximum absolute atomic E-state index is 11.9. The Hall–Kier alpha value is -1.12. The van der Waals surface area contributed by atoms with Crippen molar-refractivity contribution in [2.45, 2.75) is 38.5 Å². The normalized spacial score (nSPS) is 43.5. The molecule has 0 bridgehead atoms. The second kappa shape index (κ2) is 2.71. The van der Waals surface area contributed by atoms with Crippen LogP contribution in [0, 0.1) is 10.8 Å². The third-order valence-corrected chi connectivity index (χ3v) is 4.44. The fourth-order valence-corrected chi connectivity index (χ4v) is 3.54. The summed E-state index contributed by atoms with van der Waals surface area (Å²) in [5.74, 6) is -0.534. The number of carbonyl (C=O) groups excluding carboxylic acids is 2. The minimum atomic E-state index is -0.503. The van der Waals surface area contributed by atoms with E-state index in [0.29, 0.717) is 12.8 Å². The molecule has 0 spiro atoms. The van der Waals surface area contributed by atoms with Crippen molar-refractivity contribution in [3.63, 3.8) is 0 Å². The Morgan fingerprint density at radius 3 is 1.87 bits per heavy atom. The van der Waals surface area contributed by atoms with E-state index in [1.54, 1.807) is 0 Å². The van der Waals surface area contributed by atoms with Gasteiger partial charge in [0.05, 0.1) is 10.8 Å². The van der Waals surface area contributed by atoms with Crippen LogP contribution in [0.4, 0.5) is 0 Å². The first-order chi connectivity index (χ1) is 7.21. The van der Waals surface area contributed by atoms with Crippen LogP contribution in [0.15, 0.2) is 12.2 Å². The molecule has 0 aromatic heterocycles. The van der Waals surface area contributed by atoms with Crippen LogP contribution in [-0.2, 0) is 14.3 Å². The topological polar surface area (TPSA) is 43.4 Å². The second-order valence-electron chi connectivity index (χ2n) is 4.93. The van der Waals surface area contributed by atoms with Gasteiger partial charge in [-0.25, -0.2) is 0 Å². The van der Waals surface area contributed by atoms with Crippen LogP contribution in [0.25, 0.3) is 0 Å². The summed E-state index contributed by atoms with van der Waals surface area (Å²) in [5, 5.41) is 0. The molecule has 0 radical (unpaired) electrons. The molecule has 2 atom stereocenters. The zero-order valence-corrected chi connectivity index (χ0v) is 8.62. The van der Waals surface area contributed by atoms with Gasteiger partial charge in [0.2, 0.25) is 0 Å². The van der Waals surface area contributed by atoms with Crippen molar-refractivity contribution < 1.29 is 14.3 Å². The molecule has 1 heterocycles. The predicted molar refractivity (Wildman–Crippen MR) is 52.8 cm³/mol. The van der Waals surface area contributed by atoms with Crippen molar-refractivity contribution >= 4 is 11.9 Å². The first kappa shape index (κ1) is 9.13. The van der Waals surface area contributed by atoms with E-state index in [1.165, 1.54) is 0 Å². The SMILES string of the molecule is O=C1OC(=O)[C@]23CC=CC[C@]12CCCC3. The molecule has 3 rings (SSSR count). The molecule has 3 nitrogen and oxygen atoms in total. The maximum atomic E-state index is 11.9. The van der Waals surface area contributed by atoms with Gasteiger partial charge in [-0.05, 0) is 25.7 Å². The quantitative estimate of drug-likeness (QED) is 0.346. The van der Waals surface area contributed by atoms with Gasteiger partial charge < -0.3 is 4.74 Å². The van der Waals surface area contributed by atoms with Crippen LogP contribution in [0.1, 0.15) is 38.5 Å². The molecule has 2 aliphatic carbocycles. The second-order valence-corrected chi connectivity index (χ2v) is 4.93. The molecule has 0 amide bonds. The third-order valence-electron chi connectivity index (χ3n) is 4.44. The Morgan fingerprint density at radius 1 is 0.933 bits per heavy atom. The largest absolute Gasteiger partial charge is 0.392 e. The average Bonchev–Trinajstić information content (AvgIpc) is 2.50. The lowest BCUT2D eigenvalue weighted by molar-refractivity contribution is -0.155. The molecule has 1 saturated heterocycles. The molecular formula is C12H14O3. The zero-order valence-electron chi connectivity index (χ0n) is 8.62. The van der Waals surface area contributed by atoms with Crippen LogP contribution in [-0.4, -0.2) is 11.9 Å². The Kier molecular flexibility index (Phi) is 1.65. The minimum absolute atomic E-state index is 0.267. The molecule has 3 heteroatoms. The molecule has 1 saturated carbocycles. The number of allylic oxidation sites excluding steroid dienone is 2. The summed E-state index contributed by atoms with van der Waals surface area (Å²) in [5.41, 5.74) is -1.01. The Labute approximate surface area is 88.5 Å². The van der Waals surface area contributed by atoms with E-state index in [2.05, 4.69) is 0 Å². The minimum Gasteiger partial charge on any atom is -0.392 e. The number of esters is 2. The number of cyclic esters (lactones) is 2. The summed E-state index contributed by atoms with van der Waals surface area (Å²) < 4.78 is 4.92. The highest BCUT2D eigenvalue weighted by Crippen LogP contribution is 2.61. The van der Waals surface area contributed by atoms with E-state index in [-0.39, 0.29) is 11.9 Å². The average molecular weight is 206 g/mol. The number of carbonyl (C=O) groups is 2. The van der Waals surface area contributed by atoms with Crippen molar-refractivity contribution in [3.8, 4) is 0 Å². The van der Waals surface area contributed by atoms with Crippen LogP contribution in [0.5, 0.6) is 0 Å². The first-order valence-electron chi connectivity index (χ1n) is 5.63. The number of hydrogen-bond acceptors (Lipinski definition) is 3. The van der Waals surface area contributed by atoms with Crippen molar-refractivity contribution in [1.29, 1.82) is 0 Å². The molecule has 0 aromatic carbocycles. The van der Waals surface area contributed by atoms with Gasteiger partial charge in [-0.3, -0.25) is 9.59 Å². The number of rotatable bonds is 0. The Morgan fingerprint density at radius 2 is 1.40 bits per heavy atom. The number of ether oxygens (including phenoxy) is 1. The van der Waals surface area contributed by atoms with E-state index in [0.717, 1.165) is 25.7 Å². The van der Waals surface area contributed by atoms with Gasteiger partial charge in [-0.2, -0.15) is 0 Å². The maximum Gasteiger partial charge on any atom is 0.321 e. The highest BCUT2D eigenvalue weighted by molar-refractivity contribution is 6.02. The van der Waals surface area contributed by atoms with Crippen molar-refractivity contribution in [1.82, 2.24) is 0 Å². The smallest absolute Gasteiger partial charge is 0.321 e. The van der Waals surface area contributed by atoms with E-state index in [1.807, 2.05) is 12.2 Å². The van der Waals surface area contributed by atoms with Gasteiger partial charge in [0.15, 0.2) is 0 Å². The van der Waals surface area contributed by atoms with E-state index in [9.17, 15) is 9.59 Å². The fraction of sp³-hybridized carbons (Fsp3) is 0.667. The summed E-state index contributed by atoms with van der Waals surface area (Å²) in [6.45, 7) is 0. The standard InChI is InChI=1S/C12H14O3/c13-9-11-5-1-2-6-12(11,10(14)15-9)8-4-3-7-11/h1-2H,3-8H2/t11-,12+. The van der Waals surface area contributed by atoms with Gasteiger partial charge in [-0.15, -0.1) is 0 Å². The van der Waals surface area contributed by atoms with Crippen molar-refractivity contribution in [2.24, 2.45) is 10.8 Å². The highest BCUT2D eigenvalue weighted by atomic mass is 16.6. The van der Waals surface area contributed by atoms with Crippen LogP contribution >= 0.6 is 0 Å². The molecule has 0 N–H and O–H groups in total. The van der Waals surface area contributed by atoms with Gasteiger partial charge in [-0.1, -0.05) is 25.0 Å². The Balaban J connectivity index is 2.17. The lowest BCUT2D eigenvalue weighted by Crippen LogP contribution is -2.48. The molecule has 1 aliphatic heterocycles. The van der Waals surface area contributed by atoms with Gasteiger partial charge >= 0.3 is 11.9 Å².